The third-order valence-corrected chi connectivity index (χ3v) is 5.44. The van der Waals surface area contributed by atoms with Crippen LogP contribution < -0.4 is 0 Å². The number of ether oxygens (including phenoxy) is 1. The second-order valence-corrected chi connectivity index (χ2v) is 7.55. The number of carbonyl (C=O) groups excluding carboxylic acids is 2. The number of Topliss-reactive ketones (excluding diaryl/α,β-unsaturated/α-hetero) is 1. The molecule has 0 aromatic rings. The largest absolute Gasteiger partial charge is 0.467 e. The molecule has 1 aliphatic carbocycles. The van der Waals surface area contributed by atoms with E-state index < -0.39 is 12.1 Å². The van der Waals surface area contributed by atoms with E-state index in [0.29, 0.717) is 32.1 Å². The van der Waals surface area contributed by atoms with Gasteiger partial charge in [-0.2, -0.15) is 0 Å². The van der Waals surface area contributed by atoms with Crippen LogP contribution in [0.25, 0.3) is 0 Å². The molecule has 1 aliphatic rings. The van der Waals surface area contributed by atoms with Gasteiger partial charge in [0.1, 0.15) is 5.78 Å². The topological polar surface area (TPSA) is 63.6 Å². The summed E-state index contributed by atoms with van der Waals surface area (Å²) in [6.45, 7) is 5.55. The maximum Gasteiger partial charge on any atom is 0.334 e. The van der Waals surface area contributed by atoms with Gasteiger partial charge in [0.25, 0.3) is 0 Å². The zero-order chi connectivity index (χ0) is 20.9. The van der Waals surface area contributed by atoms with Gasteiger partial charge in [-0.1, -0.05) is 50.6 Å². The SMILES string of the molecule is C=C(F)[C@@H](CC=C[C@H]1CCC(=O)[C@@H]1CC=CCCC(O)C(=O)OC)CCCC. The van der Waals surface area contributed by atoms with Gasteiger partial charge in [-0.3, -0.25) is 4.79 Å². The van der Waals surface area contributed by atoms with Crippen LogP contribution in [0.2, 0.25) is 0 Å². The Bertz CT molecular complexity index is 567. The summed E-state index contributed by atoms with van der Waals surface area (Å²) in [6, 6.07) is 0. The predicted molar refractivity (Wildman–Crippen MR) is 109 cm³/mol. The molecule has 4 atom stereocenters. The number of halogens is 1. The monoisotopic (exact) mass is 394 g/mol. The van der Waals surface area contributed by atoms with Crippen LogP contribution in [-0.4, -0.2) is 30.1 Å². The van der Waals surface area contributed by atoms with Crippen LogP contribution in [0, 0.1) is 17.8 Å². The summed E-state index contributed by atoms with van der Waals surface area (Å²) in [5.74, 6) is -0.593. The van der Waals surface area contributed by atoms with Gasteiger partial charge in [-0.25, -0.2) is 9.18 Å². The van der Waals surface area contributed by atoms with Crippen molar-refractivity contribution in [1.29, 1.82) is 0 Å². The van der Waals surface area contributed by atoms with Crippen LogP contribution in [0.1, 0.15) is 64.7 Å². The van der Waals surface area contributed by atoms with Gasteiger partial charge in [0.05, 0.1) is 12.9 Å². The van der Waals surface area contributed by atoms with E-state index in [1.807, 2.05) is 18.2 Å². The van der Waals surface area contributed by atoms with Crippen molar-refractivity contribution in [1.82, 2.24) is 0 Å². The molecule has 0 amide bonds. The first-order valence-corrected chi connectivity index (χ1v) is 10.3. The van der Waals surface area contributed by atoms with Crippen LogP contribution >= 0.6 is 0 Å². The van der Waals surface area contributed by atoms with Crippen LogP contribution in [0.3, 0.4) is 0 Å². The fourth-order valence-corrected chi connectivity index (χ4v) is 3.61. The van der Waals surface area contributed by atoms with E-state index in [1.54, 1.807) is 0 Å². The van der Waals surface area contributed by atoms with Crippen molar-refractivity contribution in [2.45, 2.75) is 70.8 Å². The summed E-state index contributed by atoms with van der Waals surface area (Å²) < 4.78 is 18.0. The van der Waals surface area contributed by atoms with E-state index in [9.17, 15) is 19.1 Å². The molecule has 0 bridgehead atoms. The summed E-state index contributed by atoms with van der Waals surface area (Å²) >= 11 is 0. The van der Waals surface area contributed by atoms with Crippen molar-refractivity contribution < 1.29 is 23.8 Å². The number of rotatable bonds is 13. The average Bonchev–Trinajstić information content (AvgIpc) is 3.02. The third kappa shape index (κ3) is 8.51. The molecule has 1 N–H and O–H groups in total. The number of hydrogen-bond donors (Lipinski definition) is 1. The van der Waals surface area contributed by atoms with Crippen LogP contribution in [0.4, 0.5) is 4.39 Å². The zero-order valence-electron chi connectivity index (χ0n) is 17.2. The molecule has 0 spiro atoms. The van der Waals surface area contributed by atoms with Crippen molar-refractivity contribution >= 4 is 11.8 Å². The number of allylic oxidation sites excluding steroid dienone is 5. The Labute approximate surface area is 168 Å². The lowest BCUT2D eigenvalue weighted by atomic mass is 9.90. The Morgan fingerprint density at radius 2 is 2.11 bits per heavy atom. The normalized spacial score (nSPS) is 22.1. The van der Waals surface area contributed by atoms with E-state index in [0.717, 1.165) is 25.7 Å². The molecule has 0 aliphatic heterocycles. The fourth-order valence-electron chi connectivity index (χ4n) is 3.61. The lowest BCUT2D eigenvalue weighted by molar-refractivity contribution is -0.150. The number of aliphatic hydroxyl groups is 1. The minimum atomic E-state index is -1.11. The molecule has 1 rings (SSSR count). The van der Waals surface area contributed by atoms with E-state index in [2.05, 4.69) is 24.3 Å². The Morgan fingerprint density at radius 1 is 1.36 bits per heavy atom. The van der Waals surface area contributed by atoms with Crippen molar-refractivity contribution in [2.75, 3.05) is 7.11 Å². The number of hydrogen-bond acceptors (Lipinski definition) is 4. The summed E-state index contributed by atoms with van der Waals surface area (Å²) in [5.41, 5.74) is 0. The van der Waals surface area contributed by atoms with Crippen molar-refractivity contribution in [3.63, 3.8) is 0 Å². The van der Waals surface area contributed by atoms with E-state index in [4.69, 9.17) is 0 Å². The first-order chi connectivity index (χ1) is 13.4. The predicted octanol–water partition coefficient (Wildman–Crippen LogP) is 5.08. The highest BCUT2D eigenvalue weighted by atomic mass is 19.1. The molecule has 1 fully saturated rings. The van der Waals surface area contributed by atoms with Gasteiger partial charge in [0.15, 0.2) is 6.10 Å². The number of aliphatic hydroxyl groups excluding tert-OH is 1. The van der Waals surface area contributed by atoms with Gasteiger partial charge >= 0.3 is 5.97 Å². The van der Waals surface area contributed by atoms with Crippen LogP contribution in [0.5, 0.6) is 0 Å². The summed E-state index contributed by atoms with van der Waals surface area (Å²) in [7, 11) is 1.25. The smallest absolute Gasteiger partial charge is 0.334 e. The van der Waals surface area contributed by atoms with Gasteiger partial charge in [-0.15, -0.1) is 0 Å². The minimum absolute atomic E-state index is 0.0410. The van der Waals surface area contributed by atoms with E-state index >= 15 is 0 Å². The standard InChI is InChI=1S/C23H35FO4/c1-4-5-10-18(17(2)24)11-9-12-19-15-16-21(25)20(19)13-7-6-8-14-22(26)23(27)28-3/h6-7,9,12,18-20,22,26H,2,4-5,8,10-11,13-16H2,1,3H3/t18-,19+,20-,22?/m1/s1. The third-order valence-electron chi connectivity index (χ3n) is 5.44. The molecule has 158 valence electrons. The zero-order valence-corrected chi connectivity index (χ0v) is 17.2. The molecular weight excluding hydrogens is 359 g/mol. The van der Waals surface area contributed by atoms with Crippen molar-refractivity contribution in [3.8, 4) is 0 Å². The molecule has 5 heteroatoms. The minimum Gasteiger partial charge on any atom is -0.467 e. The van der Waals surface area contributed by atoms with Crippen LogP contribution in [-0.2, 0) is 14.3 Å². The number of esters is 1. The van der Waals surface area contributed by atoms with Gasteiger partial charge < -0.3 is 9.84 Å². The molecule has 1 saturated carbocycles. The second-order valence-electron chi connectivity index (χ2n) is 7.55. The number of carbonyl (C=O) groups is 2. The molecule has 4 nitrogen and oxygen atoms in total. The van der Waals surface area contributed by atoms with Gasteiger partial charge in [-0.05, 0) is 44.4 Å². The highest BCUT2D eigenvalue weighted by molar-refractivity contribution is 5.83. The first-order valence-electron chi connectivity index (χ1n) is 10.3. The Balaban J connectivity index is 2.48. The Hall–Kier alpha value is -1.75. The summed E-state index contributed by atoms with van der Waals surface area (Å²) in [4.78, 5) is 23.3. The van der Waals surface area contributed by atoms with E-state index in [1.165, 1.54) is 7.11 Å². The highest BCUT2D eigenvalue weighted by Crippen LogP contribution is 2.33. The van der Waals surface area contributed by atoms with Crippen LogP contribution in [0.15, 0.2) is 36.7 Å². The van der Waals surface area contributed by atoms with Crippen molar-refractivity contribution in [2.24, 2.45) is 17.8 Å². The maximum absolute atomic E-state index is 13.6. The lowest BCUT2D eigenvalue weighted by Gasteiger charge is -2.14. The molecule has 0 radical (unpaired) electrons. The quantitative estimate of drug-likeness (QED) is 0.350. The fraction of sp³-hybridized carbons (Fsp3) is 0.652. The second kappa shape index (κ2) is 13.4. The molecule has 0 aromatic heterocycles. The summed E-state index contributed by atoms with van der Waals surface area (Å²) in [5, 5.41) is 9.54. The first kappa shape index (κ1) is 24.3. The molecule has 0 heterocycles. The molecule has 28 heavy (non-hydrogen) atoms. The molecule has 1 unspecified atom stereocenters. The lowest BCUT2D eigenvalue weighted by Crippen LogP contribution is -2.21. The Kier molecular flexibility index (Phi) is 11.7. The average molecular weight is 395 g/mol. The molecule has 0 aromatic carbocycles. The number of methoxy groups -OCH3 is 1. The molecular formula is C23H35FO4. The van der Waals surface area contributed by atoms with Gasteiger partial charge in [0, 0.05) is 18.3 Å². The highest BCUT2D eigenvalue weighted by Gasteiger charge is 2.31. The van der Waals surface area contributed by atoms with E-state index in [-0.39, 0.29) is 29.4 Å². The summed E-state index contributed by atoms with van der Waals surface area (Å²) in [6.07, 6.45) is 13.2. The maximum atomic E-state index is 13.6. The number of ketones is 1. The van der Waals surface area contributed by atoms with Crippen molar-refractivity contribution in [3.05, 3.63) is 36.7 Å². The molecule has 0 saturated heterocycles. The van der Waals surface area contributed by atoms with Gasteiger partial charge in [0.2, 0.25) is 0 Å². The number of unbranched alkanes of at least 4 members (excludes halogenated alkanes) is 1. The Morgan fingerprint density at radius 3 is 2.75 bits per heavy atom.